The van der Waals surface area contributed by atoms with Crippen LogP contribution in [0.25, 0.3) is 10.3 Å². The zero-order valence-electron chi connectivity index (χ0n) is 17.4. The molecule has 2 aromatic rings. The summed E-state index contributed by atoms with van der Waals surface area (Å²) in [4.78, 5) is 18.6. The largest absolute Gasteiger partial charge is 0.443 e. The van der Waals surface area contributed by atoms with E-state index in [4.69, 9.17) is 19.2 Å². The highest BCUT2D eigenvalue weighted by molar-refractivity contribution is 7.18. The molecule has 2 aromatic heterocycles. The van der Waals surface area contributed by atoms with Crippen molar-refractivity contribution >= 4 is 27.8 Å². The molecule has 1 saturated heterocycles. The van der Waals surface area contributed by atoms with Crippen LogP contribution in [0.15, 0.2) is 6.20 Å². The average Bonchev–Trinajstić information content (AvgIpc) is 3.29. The first-order valence-corrected chi connectivity index (χ1v) is 11.0. The molecule has 0 amide bonds. The minimum atomic E-state index is -0.530. The zero-order chi connectivity index (χ0) is 20.1. The van der Waals surface area contributed by atoms with E-state index < -0.39 is 5.60 Å². The molecule has 1 aliphatic carbocycles. The molecule has 0 N–H and O–H groups in total. The maximum absolute atomic E-state index is 12.8. The Bertz CT molecular complexity index is 861. The first kappa shape index (κ1) is 19.9. The molecule has 0 unspecified atom stereocenters. The van der Waals surface area contributed by atoms with Crippen molar-refractivity contribution in [2.24, 2.45) is 0 Å². The molecule has 28 heavy (non-hydrogen) atoms. The number of rotatable bonds is 2. The molecular weight excluding hydrogens is 376 g/mol. The molecule has 2 fully saturated rings. The number of carbonyl (C=O) groups is 1. The van der Waals surface area contributed by atoms with Gasteiger partial charge in [0.2, 0.25) is 0 Å². The minimum Gasteiger partial charge on any atom is -0.443 e. The lowest BCUT2D eigenvalue weighted by atomic mass is 9.85. The first-order valence-electron chi connectivity index (χ1n) is 10.2. The molecule has 0 atom stereocenters. The summed E-state index contributed by atoms with van der Waals surface area (Å²) in [6.07, 6.45) is 5.37. The average molecular weight is 407 g/mol. The lowest BCUT2D eigenvalue weighted by molar-refractivity contribution is -0.178. The summed E-state index contributed by atoms with van der Waals surface area (Å²) in [6.45, 7) is 11.3. The Balaban J connectivity index is 1.62. The van der Waals surface area contributed by atoms with E-state index in [2.05, 4.69) is 13.8 Å². The van der Waals surface area contributed by atoms with Gasteiger partial charge in [-0.15, -0.1) is 0 Å². The maximum atomic E-state index is 12.8. The van der Waals surface area contributed by atoms with Gasteiger partial charge in [-0.25, -0.2) is 14.3 Å². The van der Waals surface area contributed by atoms with Gasteiger partial charge in [0.15, 0.2) is 5.79 Å². The highest BCUT2D eigenvalue weighted by Crippen LogP contribution is 2.44. The van der Waals surface area contributed by atoms with E-state index in [1.54, 1.807) is 15.9 Å². The van der Waals surface area contributed by atoms with E-state index in [0.717, 1.165) is 46.6 Å². The molecule has 7 heteroatoms. The molecule has 3 heterocycles. The summed E-state index contributed by atoms with van der Waals surface area (Å²) in [6, 6.07) is 0. The van der Waals surface area contributed by atoms with E-state index in [0.29, 0.717) is 19.1 Å². The SMILES string of the molecule is CC(C)c1cn(C(=O)OC(C)(C)C)c2sc(C3CCC4(CC3)OCCO4)nc12. The Morgan fingerprint density at radius 1 is 1.29 bits per heavy atom. The van der Waals surface area contributed by atoms with Gasteiger partial charge in [0, 0.05) is 30.5 Å². The van der Waals surface area contributed by atoms with Gasteiger partial charge in [0.1, 0.15) is 15.9 Å². The van der Waals surface area contributed by atoms with Gasteiger partial charge in [-0.3, -0.25) is 0 Å². The first-order chi connectivity index (χ1) is 13.2. The summed E-state index contributed by atoms with van der Waals surface area (Å²) in [5, 5.41) is 1.11. The van der Waals surface area contributed by atoms with Crippen molar-refractivity contribution in [3.8, 4) is 0 Å². The second kappa shape index (κ2) is 7.11. The molecule has 0 aromatic carbocycles. The van der Waals surface area contributed by atoms with Crippen LogP contribution in [0.5, 0.6) is 0 Å². The normalized spacial score (nSPS) is 20.5. The van der Waals surface area contributed by atoms with E-state index in [1.807, 2.05) is 27.0 Å². The van der Waals surface area contributed by atoms with Crippen molar-refractivity contribution < 1.29 is 19.0 Å². The van der Waals surface area contributed by atoms with Crippen LogP contribution in [-0.2, 0) is 14.2 Å². The molecule has 1 saturated carbocycles. The summed E-state index contributed by atoms with van der Waals surface area (Å²) in [5.41, 5.74) is 1.51. The third-order valence-corrected chi connectivity index (χ3v) is 6.73. The Kier molecular flexibility index (Phi) is 5.04. The van der Waals surface area contributed by atoms with Crippen LogP contribution in [0.2, 0.25) is 0 Å². The predicted molar refractivity (Wildman–Crippen MR) is 109 cm³/mol. The number of fused-ring (bicyclic) bond motifs is 1. The molecule has 154 valence electrons. The van der Waals surface area contributed by atoms with Crippen molar-refractivity contribution in [1.29, 1.82) is 0 Å². The second-order valence-electron chi connectivity index (χ2n) is 9.18. The lowest BCUT2D eigenvalue weighted by Crippen LogP contribution is -2.34. The molecule has 1 spiro atoms. The van der Waals surface area contributed by atoms with Crippen molar-refractivity contribution in [3.63, 3.8) is 0 Å². The van der Waals surface area contributed by atoms with Gasteiger partial charge in [-0.1, -0.05) is 25.2 Å². The maximum Gasteiger partial charge on any atom is 0.419 e. The number of aromatic nitrogens is 2. The number of hydrogen-bond acceptors (Lipinski definition) is 6. The number of hydrogen-bond donors (Lipinski definition) is 0. The lowest BCUT2D eigenvalue weighted by Gasteiger charge is -2.34. The van der Waals surface area contributed by atoms with E-state index in [9.17, 15) is 4.79 Å². The number of ether oxygens (including phenoxy) is 3. The standard InChI is InChI=1S/C21H30N2O4S/c1-13(2)15-12-23(19(24)27-20(3,4)5)18-16(15)22-17(28-18)14-6-8-21(9-7-14)25-10-11-26-21/h12-14H,6-11H2,1-5H3. The quantitative estimate of drug-likeness (QED) is 0.668. The van der Waals surface area contributed by atoms with Crippen LogP contribution >= 0.6 is 11.3 Å². The molecule has 2 aliphatic rings. The number of thiazole rings is 1. The van der Waals surface area contributed by atoms with Gasteiger partial charge in [0.05, 0.1) is 18.2 Å². The van der Waals surface area contributed by atoms with Gasteiger partial charge in [-0.05, 0) is 39.5 Å². The van der Waals surface area contributed by atoms with Crippen LogP contribution in [0.1, 0.15) is 82.7 Å². The van der Waals surface area contributed by atoms with Gasteiger partial charge < -0.3 is 14.2 Å². The van der Waals surface area contributed by atoms with E-state index >= 15 is 0 Å². The van der Waals surface area contributed by atoms with Crippen molar-refractivity contribution in [2.75, 3.05) is 13.2 Å². The molecule has 0 radical (unpaired) electrons. The molecular formula is C21H30N2O4S. The smallest absolute Gasteiger partial charge is 0.419 e. The number of nitrogens with zero attached hydrogens (tertiary/aromatic N) is 2. The predicted octanol–water partition coefficient (Wildman–Crippen LogP) is 5.41. The Morgan fingerprint density at radius 3 is 2.50 bits per heavy atom. The van der Waals surface area contributed by atoms with E-state index in [1.165, 1.54) is 0 Å². The highest BCUT2D eigenvalue weighted by atomic mass is 32.1. The summed E-state index contributed by atoms with van der Waals surface area (Å²) < 4.78 is 19.0. The van der Waals surface area contributed by atoms with Crippen LogP contribution in [0, 0.1) is 0 Å². The Morgan fingerprint density at radius 2 is 1.93 bits per heavy atom. The molecule has 6 nitrogen and oxygen atoms in total. The highest BCUT2D eigenvalue weighted by Gasteiger charge is 2.41. The van der Waals surface area contributed by atoms with Gasteiger partial charge in [-0.2, -0.15) is 0 Å². The summed E-state index contributed by atoms with van der Waals surface area (Å²) >= 11 is 1.62. The Hall–Kier alpha value is -1.44. The molecule has 1 aliphatic heterocycles. The topological polar surface area (TPSA) is 62.6 Å². The van der Waals surface area contributed by atoms with E-state index in [-0.39, 0.29) is 17.8 Å². The monoisotopic (exact) mass is 406 g/mol. The van der Waals surface area contributed by atoms with Crippen molar-refractivity contribution in [1.82, 2.24) is 9.55 Å². The van der Waals surface area contributed by atoms with Crippen molar-refractivity contribution in [2.45, 2.75) is 83.5 Å². The number of carbonyl (C=O) groups excluding carboxylic acids is 1. The Labute approximate surface area is 170 Å². The molecule has 4 rings (SSSR count). The fraction of sp³-hybridized carbons (Fsp3) is 0.714. The third-order valence-electron chi connectivity index (χ3n) is 5.51. The van der Waals surface area contributed by atoms with Gasteiger partial charge in [0.25, 0.3) is 0 Å². The van der Waals surface area contributed by atoms with Gasteiger partial charge >= 0.3 is 6.09 Å². The van der Waals surface area contributed by atoms with Crippen LogP contribution in [-0.4, -0.2) is 40.2 Å². The van der Waals surface area contributed by atoms with Crippen LogP contribution in [0.3, 0.4) is 0 Å². The fourth-order valence-corrected chi connectivity index (χ4v) is 5.30. The third kappa shape index (κ3) is 3.72. The summed E-state index contributed by atoms with van der Waals surface area (Å²) in [5.74, 6) is 0.321. The van der Waals surface area contributed by atoms with Crippen molar-refractivity contribution in [3.05, 3.63) is 16.8 Å². The van der Waals surface area contributed by atoms with Crippen LogP contribution < -0.4 is 0 Å². The fourth-order valence-electron chi connectivity index (χ4n) is 4.07. The minimum absolute atomic E-state index is 0.288. The molecule has 0 bridgehead atoms. The zero-order valence-corrected chi connectivity index (χ0v) is 18.2. The van der Waals surface area contributed by atoms with Crippen LogP contribution in [0.4, 0.5) is 4.79 Å². The summed E-state index contributed by atoms with van der Waals surface area (Å²) in [7, 11) is 0. The second-order valence-corrected chi connectivity index (χ2v) is 10.2.